The third-order valence-corrected chi connectivity index (χ3v) is 7.65. The average Bonchev–Trinajstić information content (AvgIpc) is 3.38. The van der Waals surface area contributed by atoms with Crippen molar-refractivity contribution in [1.82, 2.24) is 20.9 Å². The molecule has 2 aliphatic rings. The second-order valence-corrected chi connectivity index (χ2v) is 10.8. The van der Waals surface area contributed by atoms with Gasteiger partial charge in [-0.3, -0.25) is 9.59 Å². The molecule has 1 aliphatic carbocycles. The zero-order valence-electron chi connectivity index (χ0n) is 23.7. The highest BCUT2D eigenvalue weighted by molar-refractivity contribution is 5.95. The minimum absolute atomic E-state index is 0.0238. The van der Waals surface area contributed by atoms with Crippen LogP contribution in [0, 0.1) is 11.8 Å². The Hall–Kier alpha value is -2.36. The number of nitrogens with one attached hydrogen (secondary N) is 3. The van der Waals surface area contributed by atoms with E-state index in [-0.39, 0.29) is 29.8 Å². The molecule has 2 fully saturated rings. The maximum Gasteiger partial charge on any atom is 0.254 e. The van der Waals surface area contributed by atoms with Gasteiger partial charge in [-0.05, 0) is 50.8 Å². The molecular weight excluding hydrogens is 484 g/mol. The topological polar surface area (TPSA) is 101 Å². The smallest absolute Gasteiger partial charge is 0.254 e. The highest BCUT2D eigenvalue weighted by atomic mass is 16.5. The van der Waals surface area contributed by atoms with E-state index in [4.69, 9.17) is 14.2 Å². The van der Waals surface area contributed by atoms with Gasteiger partial charge in [0, 0.05) is 69.9 Å². The third-order valence-electron chi connectivity index (χ3n) is 7.65. The van der Waals surface area contributed by atoms with Gasteiger partial charge in [0.1, 0.15) is 0 Å². The van der Waals surface area contributed by atoms with E-state index in [0.29, 0.717) is 49.3 Å². The average molecular weight is 533 g/mol. The normalized spacial score (nSPS) is 19.9. The zero-order valence-corrected chi connectivity index (χ0v) is 23.7. The highest BCUT2D eigenvalue weighted by Gasteiger charge is 2.32. The fourth-order valence-corrected chi connectivity index (χ4v) is 5.35. The monoisotopic (exact) mass is 532 g/mol. The number of ether oxygens (including phenoxy) is 3. The van der Waals surface area contributed by atoms with Crippen LogP contribution in [0.15, 0.2) is 18.2 Å². The molecule has 0 bridgehead atoms. The fourth-order valence-electron chi connectivity index (χ4n) is 5.35. The van der Waals surface area contributed by atoms with Crippen LogP contribution in [0.5, 0.6) is 11.5 Å². The van der Waals surface area contributed by atoms with Crippen molar-refractivity contribution >= 4 is 11.8 Å². The Morgan fingerprint density at radius 1 is 1.08 bits per heavy atom. The van der Waals surface area contributed by atoms with Crippen molar-refractivity contribution in [2.24, 2.45) is 11.8 Å². The van der Waals surface area contributed by atoms with E-state index in [1.165, 1.54) is 32.1 Å². The van der Waals surface area contributed by atoms with Gasteiger partial charge in [-0.25, -0.2) is 0 Å². The number of nitrogens with zero attached hydrogens (tertiary/aromatic N) is 1. The molecule has 9 heteroatoms. The van der Waals surface area contributed by atoms with Crippen molar-refractivity contribution in [1.29, 1.82) is 0 Å². The molecule has 9 nitrogen and oxygen atoms in total. The molecule has 1 heterocycles. The molecule has 1 aromatic rings. The van der Waals surface area contributed by atoms with Crippen LogP contribution in [0.25, 0.3) is 0 Å². The SMILES string of the molecule is COCCCOc1cc(C(=O)N(C[C@@H]2CNC[C@H]2NCC(=O)NCC2CCCCC2)C(C)C)ccc1OC. The predicted molar refractivity (Wildman–Crippen MR) is 149 cm³/mol. The lowest BCUT2D eigenvalue weighted by molar-refractivity contribution is -0.120. The first-order valence-electron chi connectivity index (χ1n) is 14.2. The Morgan fingerprint density at radius 3 is 2.58 bits per heavy atom. The lowest BCUT2D eigenvalue weighted by atomic mass is 9.89. The third kappa shape index (κ3) is 9.13. The number of carbonyl (C=O) groups is 2. The fraction of sp³-hybridized carbons (Fsp3) is 0.724. The largest absolute Gasteiger partial charge is 0.493 e. The van der Waals surface area contributed by atoms with Crippen molar-refractivity contribution < 1.29 is 23.8 Å². The second kappa shape index (κ2) is 15.9. The number of methoxy groups -OCH3 is 2. The van der Waals surface area contributed by atoms with Gasteiger partial charge in [-0.1, -0.05) is 19.3 Å². The van der Waals surface area contributed by atoms with E-state index in [1.54, 1.807) is 32.4 Å². The van der Waals surface area contributed by atoms with Crippen LogP contribution >= 0.6 is 0 Å². The van der Waals surface area contributed by atoms with Crippen molar-refractivity contribution in [2.75, 3.05) is 60.2 Å². The van der Waals surface area contributed by atoms with Crippen molar-refractivity contribution in [2.45, 2.75) is 64.5 Å². The van der Waals surface area contributed by atoms with Gasteiger partial charge in [0.25, 0.3) is 5.91 Å². The summed E-state index contributed by atoms with van der Waals surface area (Å²) in [6.07, 6.45) is 7.06. The van der Waals surface area contributed by atoms with Crippen LogP contribution in [-0.2, 0) is 9.53 Å². The van der Waals surface area contributed by atoms with Gasteiger partial charge in [0.2, 0.25) is 5.91 Å². The minimum Gasteiger partial charge on any atom is -0.493 e. The van der Waals surface area contributed by atoms with E-state index < -0.39 is 0 Å². The number of amides is 2. The lowest BCUT2D eigenvalue weighted by Crippen LogP contribution is -2.48. The first-order valence-corrected chi connectivity index (χ1v) is 14.2. The molecule has 0 aromatic heterocycles. The van der Waals surface area contributed by atoms with Crippen molar-refractivity contribution in [3.05, 3.63) is 23.8 Å². The van der Waals surface area contributed by atoms with Gasteiger partial charge in [0.05, 0.1) is 20.3 Å². The van der Waals surface area contributed by atoms with E-state index in [9.17, 15) is 9.59 Å². The zero-order chi connectivity index (χ0) is 27.3. The minimum atomic E-state index is -0.0414. The molecule has 3 rings (SSSR count). The van der Waals surface area contributed by atoms with Crippen molar-refractivity contribution in [3.8, 4) is 11.5 Å². The molecule has 2 amide bonds. The molecule has 1 aliphatic heterocycles. The molecule has 38 heavy (non-hydrogen) atoms. The van der Waals surface area contributed by atoms with Gasteiger partial charge >= 0.3 is 0 Å². The van der Waals surface area contributed by atoms with Gasteiger partial charge < -0.3 is 35.1 Å². The Bertz CT molecular complexity index is 875. The number of rotatable bonds is 15. The van der Waals surface area contributed by atoms with Gasteiger partial charge in [-0.15, -0.1) is 0 Å². The number of benzene rings is 1. The highest BCUT2D eigenvalue weighted by Crippen LogP contribution is 2.29. The van der Waals surface area contributed by atoms with Crippen LogP contribution in [0.2, 0.25) is 0 Å². The molecular formula is C29H48N4O5. The molecule has 0 unspecified atom stereocenters. The number of hydrogen-bond acceptors (Lipinski definition) is 7. The van der Waals surface area contributed by atoms with E-state index >= 15 is 0 Å². The maximum absolute atomic E-state index is 13.6. The van der Waals surface area contributed by atoms with Crippen LogP contribution in [0.3, 0.4) is 0 Å². The molecule has 3 N–H and O–H groups in total. The summed E-state index contributed by atoms with van der Waals surface area (Å²) in [5, 5.41) is 9.98. The standard InChI is InChI=1S/C29H48N4O5/c1-21(2)33(29(35)23-11-12-26(37-4)27(15-23)38-14-8-13-36-3)20-24-17-30-18-25(24)31-19-28(34)32-16-22-9-6-5-7-10-22/h11-12,15,21-22,24-25,30-31H,5-10,13-14,16-20H2,1-4H3,(H,32,34)/t24-,25+/m0/s1. The Balaban J connectivity index is 1.56. The molecule has 0 radical (unpaired) electrons. The molecule has 1 saturated heterocycles. The quantitative estimate of drug-likeness (QED) is 0.299. The summed E-state index contributed by atoms with van der Waals surface area (Å²) in [5.74, 6) is 1.99. The van der Waals surface area contributed by atoms with Gasteiger partial charge in [0.15, 0.2) is 11.5 Å². The number of hydrogen-bond donors (Lipinski definition) is 3. The molecule has 2 atom stereocenters. The Morgan fingerprint density at radius 2 is 1.87 bits per heavy atom. The summed E-state index contributed by atoms with van der Waals surface area (Å²) in [7, 11) is 3.25. The predicted octanol–water partition coefficient (Wildman–Crippen LogP) is 2.84. The Labute approximate surface area is 228 Å². The first kappa shape index (κ1) is 30.2. The molecule has 214 valence electrons. The molecule has 0 spiro atoms. The first-order chi connectivity index (χ1) is 18.4. The van der Waals surface area contributed by atoms with E-state index in [1.807, 2.05) is 18.7 Å². The molecule has 1 aromatic carbocycles. The van der Waals surface area contributed by atoms with Crippen LogP contribution < -0.4 is 25.4 Å². The summed E-state index contributed by atoms with van der Waals surface area (Å²) >= 11 is 0. The summed E-state index contributed by atoms with van der Waals surface area (Å²) in [5.41, 5.74) is 0.568. The van der Waals surface area contributed by atoms with E-state index in [2.05, 4.69) is 16.0 Å². The van der Waals surface area contributed by atoms with Crippen LogP contribution in [0.1, 0.15) is 62.7 Å². The lowest BCUT2D eigenvalue weighted by Gasteiger charge is -2.32. The maximum atomic E-state index is 13.6. The number of carbonyl (C=O) groups excluding carboxylic acids is 2. The molecule has 1 saturated carbocycles. The summed E-state index contributed by atoms with van der Waals surface area (Å²) < 4.78 is 16.4. The second-order valence-electron chi connectivity index (χ2n) is 10.8. The van der Waals surface area contributed by atoms with E-state index in [0.717, 1.165) is 26.1 Å². The summed E-state index contributed by atoms with van der Waals surface area (Å²) in [6, 6.07) is 5.49. The van der Waals surface area contributed by atoms with Crippen molar-refractivity contribution in [3.63, 3.8) is 0 Å². The summed E-state index contributed by atoms with van der Waals surface area (Å²) in [6.45, 7) is 8.41. The Kier molecular flexibility index (Phi) is 12.6. The summed E-state index contributed by atoms with van der Waals surface area (Å²) in [4.78, 5) is 28.0. The van der Waals surface area contributed by atoms with Crippen LogP contribution in [0.4, 0.5) is 0 Å². The van der Waals surface area contributed by atoms with Gasteiger partial charge in [-0.2, -0.15) is 0 Å². The van der Waals surface area contributed by atoms with Crippen LogP contribution in [-0.4, -0.2) is 89.0 Å².